The van der Waals surface area contributed by atoms with Crippen LogP contribution in [-0.4, -0.2) is 56.1 Å². The molecule has 0 saturated carbocycles. The van der Waals surface area contributed by atoms with Gasteiger partial charge in [0.2, 0.25) is 15.9 Å². The van der Waals surface area contributed by atoms with Crippen molar-refractivity contribution >= 4 is 27.5 Å². The van der Waals surface area contributed by atoms with Crippen LogP contribution in [0.5, 0.6) is 0 Å². The van der Waals surface area contributed by atoms with Gasteiger partial charge in [0.05, 0.1) is 17.4 Å². The first-order chi connectivity index (χ1) is 12.6. The Morgan fingerprint density at radius 3 is 2.52 bits per heavy atom. The summed E-state index contributed by atoms with van der Waals surface area (Å²) in [5.74, 6) is -1.51. The molecule has 8 heteroatoms. The maximum Gasteiger partial charge on any atom is 0.251 e. The lowest BCUT2D eigenvalue weighted by molar-refractivity contribution is -0.119. The second-order valence-corrected chi connectivity index (χ2v) is 9.88. The van der Waals surface area contributed by atoms with E-state index in [1.807, 2.05) is 0 Å². The third-order valence-electron chi connectivity index (χ3n) is 5.35. The first-order valence-electron chi connectivity index (χ1n) is 9.32. The topological polar surface area (TPSA) is 86.8 Å². The number of hydrogen-bond acceptors (Lipinski definition) is 5. The largest absolute Gasteiger partial charge is 0.350 e. The molecule has 148 valence electrons. The Morgan fingerprint density at radius 2 is 1.93 bits per heavy atom. The van der Waals surface area contributed by atoms with Crippen LogP contribution in [0, 0.1) is 5.92 Å². The highest BCUT2D eigenvalue weighted by atomic mass is 32.2. The second kappa shape index (κ2) is 7.24. The zero-order valence-electron chi connectivity index (χ0n) is 16.1. The van der Waals surface area contributed by atoms with Crippen LogP contribution in [-0.2, 0) is 14.8 Å². The number of nitrogens with one attached hydrogen (secondary N) is 1. The third kappa shape index (κ3) is 4.01. The molecule has 0 aromatic heterocycles. The predicted octanol–water partition coefficient (Wildman–Crippen LogP) is 1.60. The molecule has 2 heterocycles. The van der Waals surface area contributed by atoms with Gasteiger partial charge in [-0.15, -0.1) is 0 Å². The molecule has 1 unspecified atom stereocenters. The molecule has 0 aliphatic carbocycles. The number of carbonyl (C=O) groups is 2. The van der Waals surface area contributed by atoms with Gasteiger partial charge in [-0.1, -0.05) is 13.0 Å². The molecule has 1 aromatic rings. The monoisotopic (exact) mass is 393 g/mol. The van der Waals surface area contributed by atoms with Crippen molar-refractivity contribution in [1.82, 2.24) is 10.2 Å². The van der Waals surface area contributed by atoms with E-state index in [9.17, 15) is 18.0 Å². The Morgan fingerprint density at radius 1 is 1.26 bits per heavy atom. The van der Waals surface area contributed by atoms with Crippen molar-refractivity contribution in [2.45, 2.75) is 39.2 Å². The van der Waals surface area contributed by atoms with Gasteiger partial charge in [-0.25, -0.2) is 12.7 Å². The molecule has 2 aliphatic rings. The van der Waals surface area contributed by atoms with E-state index < -0.39 is 21.8 Å². The van der Waals surface area contributed by atoms with Crippen LogP contribution in [0.3, 0.4) is 0 Å². The molecule has 1 N–H and O–H groups in total. The molecule has 1 atom stereocenters. The quantitative estimate of drug-likeness (QED) is 0.821. The van der Waals surface area contributed by atoms with Crippen LogP contribution in [0.4, 0.5) is 5.69 Å². The summed E-state index contributed by atoms with van der Waals surface area (Å²) in [6.07, 6.45) is 2.35. The number of nitrogens with zero attached hydrogens (tertiary/aromatic N) is 2. The molecule has 2 amide bonds. The summed E-state index contributed by atoms with van der Waals surface area (Å²) in [4.78, 5) is 27.2. The van der Waals surface area contributed by atoms with Gasteiger partial charge in [0.1, 0.15) is 0 Å². The molecule has 7 nitrogen and oxygen atoms in total. The molecule has 2 saturated heterocycles. The van der Waals surface area contributed by atoms with Crippen LogP contribution in [0.25, 0.3) is 0 Å². The van der Waals surface area contributed by atoms with Gasteiger partial charge in [0, 0.05) is 17.6 Å². The van der Waals surface area contributed by atoms with Crippen molar-refractivity contribution < 1.29 is 18.0 Å². The fraction of sp³-hybridized carbons (Fsp3) is 0.579. The smallest absolute Gasteiger partial charge is 0.251 e. The minimum atomic E-state index is -3.68. The number of anilines is 1. The molecule has 0 bridgehead atoms. The average Bonchev–Trinajstić information content (AvgIpc) is 3.20. The molecular formula is C19H27N3O4S. The second-order valence-electron chi connectivity index (χ2n) is 8.02. The Kier molecular flexibility index (Phi) is 5.31. The first kappa shape index (κ1) is 19.8. The lowest BCUT2D eigenvalue weighted by Gasteiger charge is -2.35. The van der Waals surface area contributed by atoms with Gasteiger partial charge < -0.3 is 5.32 Å². The van der Waals surface area contributed by atoms with Crippen molar-refractivity contribution in [3.63, 3.8) is 0 Å². The van der Waals surface area contributed by atoms with E-state index in [1.54, 1.807) is 25.1 Å². The van der Waals surface area contributed by atoms with Crippen LogP contribution in [0.15, 0.2) is 24.3 Å². The predicted molar refractivity (Wildman–Crippen MR) is 104 cm³/mol. The first-order valence-corrected chi connectivity index (χ1v) is 10.9. The Balaban J connectivity index is 1.73. The number of sulfonamides is 1. The number of likely N-dealkylation sites (tertiary alicyclic amines) is 1. The van der Waals surface area contributed by atoms with Crippen molar-refractivity contribution in [3.05, 3.63) is 29.8 Å². The van der Waals surface area contributed by atoms with Gasteiger partial charge in [-0.3, -0.25) is 14.5 Å². The van der Waals surface area contributed by atoms with E-state index >= 15 is 0 Å². The molecule has 3 rings (SSSR count). The lowest BCUT2D eigenvalue weighted by Crippen LogP contribution is -2.50. The average molecular weight is 394 g/mol. The minimum Gasteiger partial charge on any atom is -0.350 e. The highest BCUT2D eigenvalue weighted by Gasteiger charge is 2.42. The van der Waals surface area contributed by atoms with E-state index in [2.05, 4.69) is 24.1 Å². The van der Waals surface area contributed by atoms with Crippen LogP contribution in [0.1, 0.15) is 44.0 Å². The summed E-state index contributed by atoms with van der Waals surface area (Å²) < 4.78 is 25.4. The fourth-order valence-electron chi connectivity index (χ4n) is 3.69. The number of amides is 2. The maximum atomic E-state index is 12.6. The van der Waals surface area contributed by atoms with E-state index in [0.717, 1.165) is 17.4 Å². The van der Waals surface area contributed by atoms with Gasteiger partial charge in [-0.05, 0) is 58.0 Å². The molecule has 27 heavy (non-hydrogen) atoms. The van der Waals surface area contributed by atoms with Crippen molar-refractivity contribution in [1.29, 1.82) is 0 Å². The molecule has 0 spiro atoms. The summed E-state index contributed by atoms with van der Waals surface area (Å²) in [5.41, 5.74) is 0.413. The third-order valence-corrected chi connectivity index (χ3v) is 7.22. The van der Waals surface area contributed by atoms with Crippen LogP contribution in [0.2, 0.25) is 0 Å². The Labute approximate surface area is 160 Å². The summed E-state index contributed by atoms with van der Waals surface area (Å²) in [7, 11) is -3.68. The molecular weight excluding hydrogens is 366 g/mol. The Hall–Kier alpha value is -1.93. The lowest BCUT2D eigenvalue weighted by atomic mass is 10.0. The summed E-state index contributed by atoms with van der Waals surface area (Å²) >= 11 is 0. The number of carbonyl (C=O) groups excluding carboxylic acids is 2. The summed E-state index contributed by atoms with van der Waals surface area (Å²) in [5, 5.41) is 2.94. The molecule has 0 radical (unpaired) electrons. The molecule has 2 fully saturated rings. The molecule has 1 aromatic carbocycles. The van der Waals surface area contributed by atoms with Crippen LogP contribution < -0.4 is 9.62 Å². The fourth-order valence-corrected chi connectivity index (χ4v) is 5.51. The zero-order valence-corrected chi connectivity index (χ0v) is 16.9. The molecule has 2 aliphatic heterocycles. The zero-order chi connectivity index (χ0) is 19.8. The number of hydrogen-bond donors (Lipinski definition) is 1. The van der Waals surface area contributed by atoms with Crippen molar-refractivity contribution in [2.75, 3.05) is 29.7 Å². The van der Waals surface area contributed by atoms with Gasteiger partial charge in [0.25, 0.3) is 5.91 Å². The van der Waals surface area contributed by atoms with E-state index in [4.69, 9.17) is 0 Å². The maximum absolute atomic E-state index is 12.6. The van der Waals surface area contributed by atoms with Gasteiger partial charge in [0.15, 0.2) is 0 Å². The Bertz CT molecular complexity index is 844. The van der Waals surface area contributed by atoms with Gasteiger partial charge in [-0.2, -0.15) is 0 Å². The highest BCUT2D eigenvalue weighted by molar-refractivity contribution is 7.94. The summed E-state index contributed by atoms with van der Waals surface area (Å²) in [6.45, 7) is 8.36. The SMILES string of the molecule is CC1CS(=O)(=O)N(c2cccc(C(=O)NCC(C)(C)N3CCCC3)c2)C1=O. The van der Waals surface area contributed by atoms with Crippen molar-refractivity contribution in [2.24, 2.45) is 5.92 Å². The number of benzene rings is 1. The van der Waals surface area contributed by atoms with Gasteiger partial charge >= 0.3 is 0 Å². The van der Waals surface area contributed by atoms with Crippen LogP contribution >= 0.6 is 0 Å². The summed E-state index contributed by atoms with van der Waals surface area (Å²) in [6, 6.07) is 6.23. The van der Waals surface area contributed by atoms with E-state index in [1.165, 1.54) is 18.9 Å². The van der Waals surface area contributed by atoms with E-state index in [-0.39, 0.29) is 22.9 Å². The minimum absolute atomic E-state index is 0.145. The number of rotatable bonds is 5. The standard InChI is InChI=1S/C19H27N3O4S/c1-14-12-27(25,26)22(18(14)24)16-8-6-7-15(11-16)17(23)20-13-19(2,3)21-9-4-5-10-21/h6-8,11,14H,4-5,9-10,12-13H2,1-3H3,(H,20,23). The van der Waals surface area contributed by atoms with E-state index in [0.29, 0.717) is 12.1 Å². The highest BCUT2D eigenvalue weighted by Crippen LogP contribution is 2.28. The van der Waals surface area contributed by atoms with Crippen molar-refractivity contribution in [3.8, 4) is 0 Å². The normalized spacial score (nSPS) is 23.0.